The Morgan fingerprint density at radius 3 is 2.92 bits per heavy atom. The summed E-state index contributed by atoms with van der Waals surface area (Å²) in [6, 6.07) is 8.68. The SMILES string of the molecule is COC(=O)C(Cc1ccccc1)NC(=O)c1cnn2c1OCCC2. The summed E-state index contributed by atoms with van der Waals surface area (Å²) >= 11 is 0. The Morgan fingerprint density at radius 2 is 2.17 bits per heavy atom. The highest BCUT2D eigenvalue weighted by Gasteiger charge is 2.27. The van der Waals surface area contributed by atoms with E-state index in [-0.39, 0.29) is 0 Å². The minimum absolute atomic E-state index is 0.330. The summed E-state index contributed by atoms with van der Waals surface area (Å²) < 4.78 is 12.0. The zero-order valence-electron chi connectivity index (χ0n) is 13.4. The second-order valence-corrected chi connectivity index (χ2v) is 5.53. The molecule has 0 bridgehead atoms. The van der Waals surface area contributed by atoms with Crippen LogP contribution in [0.4, 0.5) is 0 Å². The van der Waals surface area contributed by atoms with Gasteiger partial charge in [-0.15, -0.1) is 0 Å². The lowest BCUT2D eigenvalue weighted by Gasteiger charge is -2.18. The molecule has 24 heavy (non-hydrogen) atoms. The van der Waals surface area contributed by atoms with Gasteiger partial charge in [-0.3, -0.25) is 4.79 Å². The summed E-state index contributed by atoms with van der Waals surface area (Å²) in [7, 11) is 1.30. The number of nitrogens with one attached hydrogen (secondary N) is 1. The predicted molar refractivity (Wildman–Crippen MR) is 85.8 cm³/mol. The first-order chi connectivity index (χ1) is 11.7. The number of esters is 1. The normalized spacial score (nSPS) is 14.2. The van der Waals surface area contributed by atoms with Gasteiger partial charge in [0, 0.05) is 19.4 Å². The van der Waals surface area contributed by atoms with Crippen LogP contribution >= 0.6 is 0 Å². The van der Waals surface area contributed by atoms with Crippen molar-refractivity contribution in [3.63, 3.8) is 0 Å². The Kier molecular flexibility index (Phi) is 4.79. The zero-order valence-corrected chi connectivity index (χ0v) is 13.4. The number of hydrogen-bond donors (Lipinski definition) is 1. The summed E-state index contributed by atoms with van der Waals surface area (Å²) in [4.78, 5) is 24.6. The van der Waals surface area contributed by atoms with Gasteiger partial charge in [-0.05, 0) is 5.56 Å². The lowest BCUT2D eigenvalue weighted by Crippen LogP contribution is -2.43. The Labute approximate surface area is 139 Å². The van der Waals surface area contributed by atoms with E-state index in [0.29, 0.717) is 31.0 Å². The van der Waals surface area contributed by atoms with Gasteiger partial charge >= 0.3 is 5.97 Å². The van der Waals surface area contributed by atoms with Gasteiger partial charge in [-0.2, -0.15) is 5.10 Å². The molecule has 2 aromatic rings. The van der Waals surface area contributed by atoms with Crippen LogP contribution in [-0.4, -0.2) is 41.4 Å². The molecule has 1 atom stereocenters. The molecule has 0 spiro atoms. The van der Waals surface area contributed by atoms with Crippen LogP contribution in [-0.2, 0) is 22.5 Å². The van der Waals surface area contributed by atoms with Crippen LogP contribution in [0.15, 0.2) is 36.5 Å². The summed E-state index contributed by atoms with van der Waals surface area (Å²) in [6.45, 7) is 1.27. The van der Waals surface area contributed by atoms with Gasteiger partial charge in [0.1, 0.15) is 11.6 Å². The van der Waals surface area contributed by atoms with E-state index < -0.39 is 17.9 Å². The molecule has 0 radical (unpaired) electrons. The fraction of sp³-hybridized carbons (Fsp3) is 0.353. The number of amides is 1. The van der Waals surface area contributed by atoms with E-state index in [2.05, 4.69) is 10.4 Å². The van der Waals surface area contributed by atoms with Crippen molar-refractivity contribution in [3.05, 3.63) is 47.7 Å². The highest BCUT2D eigenvalue weighted by Crippen LogP contribution is 2.22. The second kappa shape index (κ2) is 7.16. The average Bonchev–Trinajstić information content (AvgIpc) is 3.05. The molecule has 0 fully saturated rings. The molecule has 7 heteroatoms. The first-order valence-corrected chi connectivity index (χ1v) is 7.80. The highest BCUT2D eigenvalue weighted by molar-refractivity contribution is 5.98. The molecule has 7 nitrogen and oxygen atoms in total. The van der Waals surface area contributed by atoms with Crippen molar-refractivity contribution in [2.24, 2.45) is 0 Å². The molecular formula is C17H19N3O4. The van der Waals surface area contributed by atoms with Crippen LogP contribution in [0.1, 0.15) is 22.3 Å². The molecule has 0 aliphatic carbocycles. The first-order valence-electron chi connectivity index (χ1n) is 7.80. The maximum Gasteiger partial charge on any atom is 0.328 e. The maximum absolute atomic E-state index is 12.5. The zero-order chi connectivity index (χ0) is 16.9. The average molecular weight is 329 g/mol. The third kappa shape index (κ3) is 3.40. The number of hydrogen-bond acceptors (Lipinski definition) is 5. The standard InChI is InChI=1S/C17H19N3O4/c1-23-17(22)14(10-12-6-3-2-4-7-12)19-15(21)13-11-18-20-8-5-9-24-16(13)20/h2-4,6-7,11,14H,5,8-10H2,1H3,(H,19,21). The Balaban J connectivity index is 1.76. The number of methoxy groups -OCH3 is 1. The number of ether oxygens (including phenoxy) is 2. The van der Waals surface area contributed by atoms with Gasteiger partial charge in [0.2, 0.25) is 5.88 Å². The second-order valence-electron chi connectivity index (χ2n) is 5.53. The molecule has 1 aromatic carbocycles. The maximum atomic E-state index is 12.5. The fourth-order valence-corrected chi connectivity index (χ4v) is 2.65. The molecule has 3 rings (SSSR count). The van der Waals surface area contributed by atoms with Crippen molar-refractivity contribution in [2.45, 2.75) is 25.4 Å². The highest BCUT2D eigenvalue weighted by atomic mass is 16.5. The van der Waals surface area contributed by atoms with Crippen LogP contribution in [0.25, 0.3) is 0 Å². The van der Waals surface area contributed by atoms with Crippen LogP contribution in [0.2, 0.25) is 0 Å². The molecule has 1 aliphatic rings. The molecule has 0 saturated heterocycles. The van der Waals surface area contributed by atoms with Gasteiger partial charge in [0.05, 0.1) is 19.9 Å². The number of carbonyl (C=O) groups is 2. The molecular weight excluding hydrogens is 310 g/mol. The fourth-order valence-electron chi connectivity index (χ4n) is 2.65. The largest absolute Gasteiger partial charge is 0.477 e. The lowest BCUT2D eigenvalue weighted by molar-refractivity contribution is -0.142. The Morgan fingerprint density at radius 1 is 1.38 bits per heavy atom. The van der Waals surface area contributed by atoms with Crippen molar-refractivity contribution in [1.29, 1.82) is 0 Å². The van der Waals surface area contributed by atoms with Crippen molar-refractivity contribution in [2.75, 3.05) is 13.7 Å². The number of nitrogens with zero attached hydrogens (tertiary/aromatic N) is 2. The quantitative estimate of drug-likeness (QED) is 0.833. The molecule has 1 aliphatic heterocycles. The van der Waals surface area contributed by atoms with E-state index in [0.717, 1.165) is 12.0 Å². The third-order valence-corrected chi connectivity index (χ3v) is 3.86. The first kappa shape index (κ1) is 16.0. The minimum Gasteiger partial charge on any atom is -0.477 e. The molecule has 1 amide bonds. The Bertz CT molecular complexity index is 727. The number of carbonyl (C=O) groups excluding carboxylic acids is 2. The van der Waals surface area contributed by atoms with Gasteiger partial charge in [-0.1, -0.05) is 30.3 Å². The van der Waals surface area contributed by atoms with Crippen molar-refractivity contribution in [1.82, 2.24) is 15.1 Å². The summed E-state index contributed by atoms with van der Waals surface area (Å²) in [5.74, 6) is -0.444. The summed E-state index contributed by atoms with van der Waals surface area (Å²) in [5.41, 5.74) is 1.26. The number of aromatic nitrogens is 2. The van der Waals surface area contributed by atoms with Crippen LogP contribution in [0.3, 0.4) is 0 Å². The third-order valence-electron chi connectivity index (χ3n) is 3.86. The minimum atomic E-state index is -0.774. The summed E-state index contributed by atoms with van der Waals surface area (Å²) in [6.07, 6.45) is 2.67. The van der Waals surface area contributed by atoms with E-state index >= 15 is 0 Å². The number of rotatable bonds is 5. The van der Waals surface area contributed by atoms with Gasteiger partial charge in [0.25, 0.3) is 5.91 Å². The molecule has 1 N–H and O–H groups in total. The molecule has 2 heterocycles. The van der Waals surface area contributed by atoms with E-state index in [9.17, 15) is 9.59 Å². The van der Waals surface area contributed by atoms with Crippen LogP contribution in [0.5, 0.6) is 5.88 Å². The van der Waals surface area contributed by atoms with Crippen molar-refractivity contribution in [3.8, 4) is 5.88 Å². The topological polar surface area (TPSA) is 82.5 Å². The van der Waals surface area contributed by atoms with Gasteiger partial charge in [0.15, 0.2) is 0 Å². The number of aryl methyl sites for hydroxylation is 1. The van der Waals surface area contributed by atoms with Gasteiger partial charge in [-0.25, -0.2) is 9.48 Å². The van der Waals surface area contributed by atoms with E-state index in [1.807, 2.05) is 30.3 Å². The number of benzene rings is 1. The van der Waals surface area contributed by atoms with Gasteiger partial charge < -0.3 is 14.8 Å². The monoisotopic (exact) mass is 329 g/mol. The molecule has 1 unspecified atom stereocenters. The number of fused-ring (bicyclic) bond motifs is 1. The van der Waals surface area contributed by atoms with Crippen LogP contribution < -0.4 is 10.1 Å². The molecule has 0 saturated carbocycles. The van der Waals surface area contributed by atoms with Crippen molar-refractivity contribution < 1.29 is 19.1 Å². The van der Waals surface area contributed by atoms with Crippen molar-refractivity contribution >= 4 is 11.9 Å². The predicted octanol–water partition coefficient (Wildman–Crippen LogP) is 1.18. The lowest BCUT2D eigenvalue weighted by atomic mass is 10.1. The van der Waals surface area contributed by atoms with E-state index in [1.54, 1.807) is 4.68 Å². The van der Waals surface area contributed by atoms with E-state index in [1.165, 1.54) is 13.3 Å². The molecule has 126 valence electrons. The smallest absolute Gasteiger partial charge is 0.328 e. The van der Waals surface area contributed by atoms with Crippen LogP contribution in [0, 0.1) is 0 Å². The summed E-state index contributed by atoms with van der Waals surface area (Å²) in [5, 5.41) is 6.87. The Hall–Kier alpha value is -2.83. The molecule has 1 aromatic heterocycles. The van der Waals surface area contributed by atoms with E-state index in [4.69, 9.17) is 9.47 Å².